The molecule has 2 N–H and O–H groups in total. The zero-order valence-electron chi connectivity index (χ0n) is 4.09. The van der Waals surface area contributed by atoms with E-state index in [1.807, 2.05) is 0 Å². The summed E-state index contributed by atoms with van der Waals surface area (Å²) in [7, 11) is 1.55. The molecular weight excluding hydrogens is 169 g/mol. The molecule has 0 saturated heterocycles. The number of rotatable bonds is 2. The molecule has 9 heavy (non-hydrogen) atoms. The van der Waals surface area contributed by atoms with E-state index in [0.717, 1.165) is 0 Å². The number of aliphatic hydroxyl groups excluding tert-OH is 1. The minimum absolute atomic E-state index is 0. The van der Waals surface area contributed by atoms with Crippen LogP contribution >= 0.6 is 11.9 Å². The normalized spacial score (nSPS) is 5.33. The van der Waals surface area contributed by atoms with E-state index < -0.39 is 0 Å². The molecular formula is C3H13AlClNaO3. The van der Waals surface area contributed by atoms with E-state index in [9.17, 15) is 0 Å². The van der Waals surface area contributed by atoms with Crippen molar-refractivity contribution in [2.24, 2.45) is 0 Å². The van der Waals surface area contributed by atoms with Crippen molar-refractivity contribution in [3.63, 3.8) is 0 Å². The molecule has 0 aliphatic heterocycles. The number of halogens is 1. The molecule has 0 fully saturated rings. The third-order valence-electron chi connectivity index (χ3n) is 0.295. The molecule has 0 atom stereocenters. The van der Waals surface area contributed by atoms with Crippen molar-refractivity contribution in [2.75, 3.05) is 20.3 Å². The van der Waals surface area contributed by atoms with Crippen molar-refractivity contribution in [2.45, 2.75) is 0 Å². The van der Waals surface area contributed by atoms with Crippen LogP contribution in [0.25, 0.3) is 0 Å². The zero-order chi connectivity index (χ0) is 6.12. The molecule has 0 aromatic rings. The van der Waals surface area contributed by atoms with Gasteiger partial charge in [-0.05, 0) is 0 Å². The van der Waals surface area contributed by atoms with Gasteiger partial charge in [-0.2, -0.15) is 0 Å². The Balaban J connectivity index is -0.0000000286. The van der Waals surface area contributed by atoms with Crippen LogP contribution in [-0.4, -0.2) is 77.0 Å². The first-order valence-electron chi connectivity index (χ1n) is 1.68. The second-order valence-electron chi connectivity index (χ2n) is 0.716. The van der Waals surface area contributed by atoms with Crippen molar-refractivity contribution in [1.29, 1.82) is 0 Å². The molecule has 0 rings (SSSR count). The summed E-state index contributed by atoms with van der Waals surface area (Å²) < 4.78 is 10.9. The Morgan fingerprint density at radius 2 is 1.78 bits per heavy atom. The number of aliphatic hydroxyl groups is 1. The van der Waals surface area contributed by atoms with Crippen LogP contribution in [0.5, 0.6) is 0 Å². The second-order valence-corrected chi connectivity index (χ2v) is 0.716. The maximum absolute atomic E-state index is 7.94. The van der Waals surface area contributed by atoms with Crippen LogP contribution in [-0.2, 0) is 4.74 Å². The Hall–Kier alpha value is 1.70. The maximum atomic E-state index is 7.94. The fourth-order valence-electron chi connectivity index (χ4n) is 0.0913. The van der Waals surface area contributed by atoms with Crippen LogP contribution in [0.1, 0.15) is 0 Å². The first-order valence-corrected chi connectivity index (χ1v) is 2.02. The van der Waals surface area contributed by atoms with E-state index in [1.54, 1.807) is 7.11 Å². The van der Waals surface area contributed by atoms with Crippen LogP contribution in [0.3, 0.4) is 0 Å². The molecule has 0 aliphatic carbocycles. The molecule has 0 amide bonds. The zero-order valence-corrected chi connectivity index (χ0v) is 4.85. The van der Waals surface area contributed by atoms with Gasteiger partial charge in [0.15, 0.2) is 17.4 Å². The van der Waals surface area contributed by atoms with Crippen LogP contribution in [0.15, 0.2) is 0 Å². The fraction of sp³-hybridized carbons (Fsp3) is 1.00. The van der Waals surface area contributed by atoms with Crippen molar-refractivity contribution in [3.8, 4) is 0 Å². The average Bonchev–Trinajstić information content (AvgIpc) is 1.75. The molecule has 0 aromatic heterocycles. The second kappa shape index (κ2) is 33.2. The van der Waals surface area contributed by atoms with Gasteiger partial charge < -0.3 is 9.84 Å². The molecule has 0 heterocycles. The first-order chi connectivity index (χ1) is 3.41. The first kappa shape index (κ1) is 22.4. The summed E-state index contributed by atoms with van der Waals surface area (Å²) in [6, 6.07) is 0. The van der Waals surface area contributed by atoms with Gasteiger partial charge in [-0.15, -0.1) is 0 Å². The van der Waals surface area contributed by atoms with E-state index in [4.69, 9.17) is 9.77 Å². The van der Waals surface area contributed by atoms with Gasteiger partial charge in [0.25, 0.3) is 0 Å². The summed E-state index contributed by atoms with van der Waals surface area (Å²) in [5.41, 5.74) is 0. The molecule has 3 nitrogen and oxygen atoms in total. The third-order valence-corrected chi connectivity index (χ3v) is 0.295. The van der Waals surface area contributed by atoms with Crippen LogP contribution in [0, 0.1) is 0 Å². The fourth-order valence-corrected chi connectivity index (χ4v) is 0.0913. The summed E-state index contributed by atoms with van der Waals surface area (Å²) in [6.07, 6.45) is 0. The molecule has 0 spiro atoms. The Kier molecular flexibility index (Phi) is 82.8. The quantitative estimate of drug-likeness (QED) is 0.483. The predicted octanol–water partition coefficient (Wildman–Crippen LogP) is -2.07. The van der Waals surface area contributed by atoms with Crippen LogP contribution in [0.4, 0.5) is 0 Å². The van der Waals surface area contributed by atoms with Gasteiger partial charge in [0.05, 0.1) is 25.1 Å². The molecule has 54 valence electrons. The standard InChI is InChI=1S/C3H8O2.Al.ClHO.Na.4H/c1-5-3-2-4;;1-2;;;;;/h4H,2-3H2,1H3;;2H;;;;;. The van der Waals surface area contributed by atoms with E-state index in [1.165, 1.54) is 0 Å². The summed E-state index contributed by atoms with van der Waals surface area (Å²) in [5, 5.41) is 7.94. The van der Waals surface area contributed by atoms with Crippen molar-refractivity contribution < 1.29 is 14.5 Å². The van der Waals surface area contributed by atoms with Crippen LogP contribution in [0.2, 0.25) is 0 Å². The molecule has 6 heteroatoms. The summed E-state index contributed by atoms with van der Waals surface area (Å²) in [4.78, 5) is 0. The van der Waals surface area contributed by atoms with Gasteiger partial charge in [0.2, 0.25) is 0 Å². The van der Waals surface area contributed by atoms with E-state index in [2.05, 4.69) is 16.6 Å². The molecule has 0 aromatic carbocycles. The van der Waals surface area contributed by atoms with Crippen molar-refractivity contribution in [1.82, 2.24) is 0 Å². The summed E-state index contributed by atoms with van der Waals surface area (Å²) >= 11 is 3.64. The van der Waals surface area contributed by atoms with Gasteiger partial charge >= 0.3 is 29.6 Å². The molecule has 0 aliphatic rings. The Bertz CT molecular complexity index is 26.5. The minimum atomic E-state index is 0. The molecule has 0 radical (unpaired) electrons. The third kappa shape index (κ3) is 42.0. The summed E-state index contributed by atoms with van der Waals surface area (Å²) in [5.74, 6) is 0. The number of hydrogen-bond donors (Lipinski definition) is 2. The predicted molar refractivity (Wildman–Crippen MR) is 44.1 cm³/mol. The molecule has 0 unspecified atom stereocenters. The van der Waals surface area contributed by atoms with Gasteiger partial charge in [0.1, 0.15) is 0 Å². The Morgan fingerprint density at radius 3 is 1.78 bits per heavy atom. The SMILES string of the molecule is COCCO.OCl.[AlH3].[NaH]. The van der Waals surface area contributed by atoms with E-state index >= 15 is 0 Å². The number of methoxy groups -OCH3 is 1. The van der Waals surface area contributed by atoms with Gasteiger partial charge in [0, 0.05) is 7.11 Å². The Labute approximate surface area is 92.9 Å². The van der Waals surface area contributed by atoms with Crippen LogP contribution < -0.4 is 0 Å². The van der Waals surface area contributed by atoms with Gasteiger partial charge in [-0.1, -0.05) is 0 Å². The van der Waals surface area contributed by atoms with Gasteiger partial charge in [-0.3, -0.25) is 4.66 Å². The molecule has 0 bridgehead atoms. The number of hydrogen-bond acceptors (Lipinski definition) is 3. The topological polar surface area (TPSA) is 49.7 Å². The van der Waals surface area contributed by atoms with Gasteiger partial charge in [-0.25, -0.2) is 0 Å². The van der Waals surface area contributed by atoms with Crippen molar-refractivity contribution >= 4 is 58.8 Å². The average molecular weight is 183 g/mol. The number of ether oxygens (including phenoxy) is 1. The van der Waals surface area contributed by atoms with E-state index in [-0.39, 0.29) is 53.5 Å². The summed E-state index contributed by atoms with van der Waals surface area (Å²) in [6.45, 7) is 0.566. The molecule has 0 saturated carbocycles. The monoisotopic (exact) mass is 182 g/mol. The van der Waals surface area contributed by atoms with Crippen molar-refractivity contribution in [3.05, 3.63) is 0 Å². The van der Waals surface area contributed by atoms with E-state index in [0.29, 0.717) is 6.61 Å². The Morgan fingerprint density at radius 1 is 1.44 bits per heavy atom.